The van der Waals surface area contributed by atoms with Gasteiger partial charge in [0.15, 0.2) is 5.65 Å². The van der Waals surface area contributed by atoms with Crippen LogP contribution in [-0.2, 0) is 29.5 Å². The Labute approximate surface area is 240 Å². The number of fused-ring (bicyclic) bond motifs is 2. The molecule has 11 nitrogen and oxygen atoms in total. The first-order valence-electron chi connectivity index (χ1n) is 13.4. The molecule has 5 heterocycles. The number of halogens is 1. The molecule has 0 spiro atoms. The number of nitrogens with one attached hydrogen (secondary N) is 1. The lowest BCUT2D eigenvalue weighted by Gasteiger charge is -2.33. The van der Waals surface area contributed by atoms with Crippen molar-refractivity contribution in [3.05, 3.63) is 68.8 Å². The summed E-state index contributed by atoms with van der Waals surface area (Å²) >= 11 is 3.47. The highest BCUT2D eigenvalue weighted by atomic mass is 79.9. The van der Waals surface area contributed by atoms with Crippen molar-refractivity contribution in [1.82, 2.24) is 33.5 Å². The van der Waals surface area contributed by atoms with Gasteiger partial charge in [0.2, 0.25) is 10.0 Å². The number of benzene rings is 1. The van der Waals surface area contributed by atoms with E-state index in [2.05, 4.69) is 30.8 Å². The van der Waals surface area contributed by atoms with E-state index in [4.69, 9.17) is 5.10 Å². The van der Waals surface area contributed by atoms with Gasteiger partial charge in [0.1, 0.15) is 0 Å². The van der Waals surface area contributed by atoms with Crippen LogP contribution in [0.5, 0.6) is 0 Å². The molecule has 1 atom stereocenters. The summed E-state index contributed by atoms with van der Waals surface area (Å²) in [6, 6.07) is 11.5. The number of rotatable bonds is 7. The Kier molecular flexibility index (Phi) is 7.42. The molecule has 1 aromatic carbocycles. The average Bonchev–Trinajstić information content (AvgIpc) is 3.45. The maximum absolute atomic E-state index is 12.6. The van der Waals surface area contributed by atoms with Crippen LogP contribution >= 0.6 is 15.9 Å². The Hall–Kier alpha value is -2.84. The third-order valence-electron chi connectivity index (χ3n) is 7.94. The van der Waals surface area contributed by atoms with Gasteiger partial charge < -0.3 is 15.0 Å². The molecule has 2 aliphatic rings. The van der Waals surface area contributed by atoms with E-state index >= 15 is 0 Å². The molecule has 0 amide bonds. The molecule has 0 aliphatic carbocycles. The molecule has 0 radical (unpaired) electrons. The van der Waals surface area contributed by atoms with E-state index in [9.17, 15) is 18.3 Å². The van der Waals surface area contributed by atoms with Gasteiger partial charge >= 0.3 is 5.69 Å². The standard InChI is InChI=1S/C27H32BrN7O4S/c1-40(38,39)33-14-10-24-22(17-33)25(18-4-6-19(28)7-5-18)31-34(24)16-21(36)15-32-12-8-20(9-13-32)35-26-23(30-27(35)37)3-2-11-29-26/h2-7,11,20-21,36H,8-10,12-17H2,1H3,(H,30,37). The van der Waals surface area contributed by atoms with Crippen molar-refractivity contribution >= 4 is 37.1 Å². The van der Waals surface area contributed by atoms with E-state index in [1.165, 1.54) is 10.6 Å². The van der Waals surface area contributed by atoms with Gasteiger partial charge in [0.25, 0.3) is 0 Å². The molecule has 40 heavy (non-hydrogen) atoms. The lowest BCUT2D eigenvalue weighted by molar-refractivity contribution is 0.0762. The first-order valence-corrected chi connectivity index (χ1v) is 16.1. The highest BCUT2D eigenvalue weighted by Gasteiger charge is 2.31. The van der Waals surface area contributed by atoms with Crippen molar-refractivity contribution in [2.45, 2.75) is 44.5 Å². The zero-order valence-electron chi connectivity index (χ0n) is 22.2. The normalized spacial score (nSPS) is 18.3. The molecule has 0 bridgehead atoms. The molecule has 212 valence electrons. The second-order valence-corrected chi connectivity index (χ2v) is 13.6. The predicted octanol–water partition coefficient (Wildman–Crippen LogP) is 2.37. The molecular formula is C27H32BrN7O4S. The Morgan fingerprint density at radius 2 is 1.88 bits per heavy atom. The van der Waals surface area contributed by atoms with Gasteiger partial charge in [0.05, 0.1) is 30.1 Å². The van der Waals surface area contributed by atoms with Crippen LogP contribution in [0.25, 0.3) is 22.4 Å². The first kappa shape index (κ1) is 27.3. The van der Waals surface area contributed by atoms with Crippen LogP contribution in [0, 0.1) is 0 Å². The average molecular weight is 631 g/mol. The van der Waals surface area contributed by atoms with Gasteiger partial charge in [-0.15, -0.1) is 0 Å². The van der Waals surface area contributed by atoms with Crippen molar-refractivity contribution in [1.29, 1.82) is 0 Å². The maximum Gasteiger partial charge on any atom is 0.327 e. The van der Waals surface area contributed by atoms with Crippen LogP contribution in [0.2, 0.25) is 0 Å². The predicted molar refractivity (Wildman–Crippen MR) is 155 cm³/mol. The fourth-order valence-electron chi connectivity index (χ4n) is 5.95. The van der Waals surface area contributed by atoms with E-state index in [-0.39, 0.29) is 18.3 Å². The summed E-state index contributed by atoms with van der Waals surface area (Å²) in [5.74, 6) is 0. The number of aliphatic hydroxyl groups is 1. The van der Waals surface area contributed by atoms with Crippen LogP contribution < -0.4 is 5.69 Å². The number of imidazole rings is 1. The summed E-state index contributed by atoms with van der Waals surface area (Å²) < 4.78 is 30.7. The third kappa shape index (κ3) is 5.40. The SMILES string of the molecule is CS(=O)(=O)N1CCc2c(c(-c3ccc(Br)cc3)nn2CC(O)CN2CCC(n3c(=O)[nH]c4cccnc43)CC2)C1. The summed E-state index contributed by atoms with van der Waals surface area (Å²) in [7, 11) is -3.34. The zero-order chi connectivity index (χ0) is 28.0. The monoisotopic (exact) mass is 629 g/mol. The Bertz CT molecular complexity index is 1690. The van der Waals surface area contributed by atoms with Crippen LogP contribution in [0.15, 0.2) is 51.9 Å². The number of likely N-dealkylation sites (tertiary alicyclic amines) is 1. The van der Waals surface area contributed by atoms with Gasteiger partial charge in [-0.2, -0.15) is 9.40 Å². The van der Waals surface area contributed by atoms with Gasteiger partial charge in [-0.05, 0) is 37.1 Å². The summed E-state index contributed by atoms with van der Waals surface area (Å²) in [4.78, 5) is 22.1. The van der Waals surface area contributed by atoms with E-state index in [0.717, 1.165) is 58.4 Å². The molecule has 1 saturated heterocycles. The number of pyridine rings is 1. The first-order chi connectivity index (χ1) is 19.2. The largest absolute Gasteiger partial charge is 0.390 e. The molecule has 2 N–H and O–H groups in total. The molecular weight excluding hydrogens is 598 g/mol. The van der Waals surface area contributed by atoms with Crippen molar-refractivity contribution in [2.24, 2.45) is 0 Å². The van der Waals surface area contributed by atoms with Crippen LogP contribution in [0.3, 0.4) is 0 Å². The number of hydrogen-bond donors (Lipinski definition) is 2. The second-order valence-electron chi connectivity index (χ2n) is 10.7. The topological polar surface area (TPSA) is 129 Å². The molecule has 0 saturated carbocycles. The van der Waals surface area contributed by atoms with Gasteiger partial charge in [-0.1, -0.05) is 28.1 Å². The number of β-amino-alcohol motifs (C(OH)–C–C–N with tert-alkyl or cyclic N) is 1. The number of nitrogens with zero attached hydrogens (tertiary/aromatic N) is 6. The quantitative estimate of drug-likeness (QED) is 0.321. The third-order valence-corrected chi connectivity index (χ3v) is 9.71. The Morgan fingerprint density at radius 1 is 1.12 bits per heavy atom. The minimum absolute atomic E-state index is 0.0638. The van der Waals surface area contributed by atoms with E-state index in [0.29, 0.717) is 31.7 Å². The number of sulfonamides is 1. The lowest BCUT2D eigenvalue weighted by atomic mass is 10.0. The van der Waals surface area contributed by atoms with E-state index in [1.807, 2.05) is 41.1 Å². The number of hydrogen-bond acceptors (Lipinski definition) is 7. The maximum atomic E-state index is 12.6. The van der Waals surface area contributed by atoms with Crippen molar-refractivity contribution in [3.8, 4) is 11.3 Å². The molecule has 3 aromatic heterocycles. The fraction of sp³-hybridized carbons (Fsp3) is 0.444. The Morgan fingerprint density at radius 3 is 2.60 bits per heavy atom. The number of aromatic amines is 1. The minimum atomic E-state index is -3.34. The number of H-pyrrole nitrogens is 1. The van der Waals surface area contributed by atoms with Crippen molar-refractivity contribution < 1.29 is 13.5 Å². The van der Waals surface area contributed by atoms with Gasteiger partial charge in [-0.25, -0.2) is 18.2 Å². The highest BCUT2D eigenvalue weighted by molar-refractivity contribution is 9.10. The Balaban J connectivity index is 1.16. The molecule has 1 fully saturated rings. The van der Waals surface area contributed by atoms with Crippen molar-refractivity contribution in [3.63, 3.8) is 0 Å². The second kappa shape index (κ2) is 10.9. The fourth-order valence-corrected chi connectivity index (χ4v) is 7.00. The summed E-state index contributed by atoms with van der Waals surface area (Å²) in [6.45, 7) is 3.00. The lowest BCUT2D eigenvalue weighted by Crippen LogP contribution is -2.42. The van der Waals surface area contributed by atoms with Gasteiger partial charge in [0, 0.05) is 72.7 Å². The summed E-state index contributed by atoms with van der Waals surface area (Å²) in [6.07, 6.45) is 4.41. The molecule has 4 aromatic rings. The van der Waals surface area contributed by atoms with Crippen LogP contribution in [0.4, 0.5) is 0 Å². The molecule has 1 unspecified atom stereocenters. The number of aromatic nitrogens is 5. The van der Waals surface area contributed by atoms with E-state index in [1.54, 1.807) is 10.8 Å². The minimum Gasteiger partial charge on any atom is -0.390 e. The van der Waals surface area contributed by atoms with Crippen LogP contribution in [0.1, 0.15) is 30.1 Å². The number of aliphatic hydroxyl groups excluding tert-OH is 1. The molecule has 6 rings (SSSR count). The smallest absolute Gasteiger partial charge is 0.327 e. The van der Waals surface area contributed by atoms with Crippen LogP contribution in [-0.4, -0.2) is 85.6 Å². The molecule has 13 heteroatoms. The van der Waals surface area contributed by atoms with E-state index < -0.39 is 16.1 Å². The zero-order valence-corrected chi connectivity index (χ0v) is 24.6. The number of piperidine rings is 1. The summed E-state index contributed by atoms with van der Waals surface area (Å²) in [5, 5.41) is 16.0. The molecule has 2 aliphatic heterocycles. The summed E-state index contributed by atoms with van der Waals surface area (Å²) in [5.41, 5.74) is 4.83. The van der Waals surface area contributed by atoms with Gasteiger partial charge in [-0.3, -0.25) is 9.25 Å². The van der Waals surface area contributed by atoms with Crippen molar-refractivity contribution in [2.75, 3.05) is 32.4 Å². The highest BCUT2D eigenvalue weighted by Crippen LogP contribution is 2.32.